The largest absolute Gasteiger partial charge is 0.532 e. The van der Waals surface area contributed by atoms with E-state index in [4.69, 9.17) is 4.43 Å². The number of aldehydes is 1. The standard InChI is InChI=1S/C13H18NOSi.C8H7O.C2H3ClO.I2.HI.2V/c1-11-8-6-7-9-13(11)10-14-12(2)15-16(3,4)5;1-7-4-2-3-5-8(7)6-9;1-2(3)4;1-2;;;/h6,8-10H,2H2,1,3-5H3;2,4-6H,1H3;1H3;;1H;;/q2*-1;;;;;. The minimum Gasteiger partial charge on any atom is -0.532 e. The first-order chi connectivity index (χ1) is 14.5. The van der Waals surface area contributed by atoms with E-state index < -0.39 is 8.32 Å². The molecule has 0 unspecified atom stereocenters. The van der Waals surface area contributed by atoms with E-state index in [1.165, 1.54) is 12.5 Å². The first-order valence-electron chi connectivity index (χ1n) is 9.07. The van der Waals surface area contributed by atoms with Crippen molar-refractivity contribution in [3.8, 4) is 0 Å². The zero-order valence-corrected chi connectivity index (χ0v) is 31.1. The van der Waals surface area contributed by atoms with E-state index in [1.807, 2.05) is 38.1 Å². The van der Waals surface area contributed by atoms with E-state index in [0.717, 1.165) is 23.0 Å². The Bertz CT molecular complexity index is 863. The molecule has 188 valence electrons. The third kappa shape index (κ3) is 27.4. The smallest absolute Gasteiger partial charge is 0.244 e. The van der Waals surface area contributed by atoms with E-state index in [1.54, 1.807) is 18.3 Å². The molecule has 0 heterocycles. The van der Waals surface area contributed by atoms with Crippen LogP contribution in [0.25, 0.3) is 0 Å². The van der Waals surface area contributed by atoms with Gasteiger partial charge in [-0.1, -0.05) is 19.4 Å². The quantitative estimate of drug-likeness (QED) is 0.0578. The van der Waals surface area contributed by atoms with Crippen LogP contribution in [0.4, 0.5) is 0 Å². The molecule has 0 bridgehead atoms. The van der Waals surface area contributed by atoms with Crippen molar-refractivity contribution < 1.29 is 51.1 Å². The Kier molecular flexibility index (Phi) is 35.5. The number of aryl methyl sites for hydroxylation is 2. The zero-order chi connectivity index (χ0) is 24.4. The maximum absolute atomic E-state index is 10.2. The molecule has 2 radical (unpaired) electrons. The van der Waals surface area contributed by atoms with Crippen molar-refractivity contribution in [2.45, 2.75) is 40.4 Å². The van der Waals surface area contributed by atoms with Gasteiger partial charge in [-0.15, -0.1) is 29.5 Å². The fraction of sp³-hybridized carbons (Fsp3) is 0.261. The van der Waals surface area contributed by atoms with Crippen LogP contribution in [0.3, 0.4) is 0 Å². The molecule has 0 amide bonds. The Morgan fingerprint density at radius 1 is 1.06 bits per heavy atom. The van der Waals surface area contributed by atoms with Crippen LogP contribution in [0.1, 0.15) is 34.0 Å². The minimum atomic E-state index is -1.59. The molecular weight excluding hydrogens is 884 g/mol. The molecule has 2 rings (SSSR count). The van der Waals surface area contributed by atoms with Gasteiger partial charge in [0.05, 0.1) is 6.29 Å². The maximum atomic E-state index is 10.2. The molecule has 0 aliphatic heterocycles. The van der Waals surface area contributed by atoms with Crippen molar-refractivity contribution in [3.63, 3.8) is 0 Å². The van der Waals surface area contributed by atoms with Gasteiger partial charge < -0.3 is 9.22 Å². The Morgan fingerprint density at radius 2 is 1.44 bits per heavy atom. The normalized spacial score (nSPS) is 8.85. The third-order valence-corrected chi connectivity index (χ3v) is 3.99. The molecule has 0 saturated heterocycles. The molecule has 0 aromatic heterocycles. The van der Waals surface area contributed by atoms with E-state index in [9.17, 15) is 9.59 Å². The molecule has 11 heteroatoms. The van der Waals surface area contributed by atoms with Crippen molar-refractivity contribution in [2.75, 3.05) is 0 Å². The van der Waals surface area contributed by atoms with Crippen molar-refractivity contribution in [1.82, 2.24) is 0 Å². The molecule has 2 aromatic carbocycles. The summed E-state index contributed by atoms with van der Waals surface area (Å²) in [5, 5.41) is -0.361. The summed E-state index contributed by atoms with van der Waals surface area (Å²) in [5.41, 5.74) is 3.94. The number of carbonyl (C=O) groups is 2. The second-order valence-corrected chi connectivity index (χ2v) is 12.0. The molecule has 0 N–H and O–H groups in total. The molecule has 34 heavy (non-hydrogen) atoms. The number of aliphatic imine (C=N–C) groups is 1. The molecule has 0 atom stereocenters. The van der Waals surface area contributed by atoms with Gasteiger partial charge in [0.2, 0.25) is 13.6 Å². The van der Waals surface area contributed by atoms with E-state index in [0.29, 0.717) is 5.88 Å². The van der Waals surface area contributed by atoms with Crippen molar-refractivity contribution in [2.24, 2.45) is 4.99 Å². The molecular formula is C23H29ClI3NO3SiV2-2. The summed E-state index contributed by atoms with van der Waals surface area (Å²) in [6.45, 7) is 15.3. The predicted octanol–water partition coefficient (Wildman–Crippen LogP) is 8.30. The molecule has 0 saturated carbocycles. The first-order valence-corrected chi connectivity index (χ1v) is 19.1. The van der Waals surface area contributed by atoms with Gasteiger partial charge in [0, 0.05) is 81.3 Å². The molecule has 2 aromatic rings. The van der Waals surface area contributed by atoms with Crippen molar-refractivity contribution in [1.29, 1.82) is 0 Å². The van der Waals surface area contributed by atoms with Crippen LogP contribution in [0, 0.1) is 26.0 Å². The summed E-state index contributed by atoms with van der Waals surface area (Å²) < 4.78 is 5.64. The van der Waals surface area contributed by atoms with Crippen LogP contribution in [0.15, 0.2) is 53.9 Å². The summed E-state index contributed by atoms with van der Waals surface area (Å²) in [4.78, 5) is 23.6. The number of nitrogens with zero attached hydrogens (tertiary/aromatic N) is 1. The van der Waals surface area contributed by atoms with Gasteiger partial charge in [0.15, 0.2) is 5.88 Å². The Hall–Kier alpha value is 0.856. The van der Waals surface area contributed by atoms with Gasteiger partial charge in [-0.25, -0.2) is 4.99 Å². The maximum Gasteiger partial charge on any atom is 0.244 e. The fourth-order valence-electron chi connectivity index (χ4n) is 1.83. The number of hydrogen-bond acceptors (Lipinski definition) is 4. The number of benzene rings is 2. The Labute approximate surface area is 275 Å². The summed E-state index contributed by atoms with van der Waals surface area (Å²) in [7, 11) is -1.59. The molecule has 0 fully saturated rings. The second kappa shape index (κ2) is 26.9. The minimum absolute atomic E-state index is 0. The van der Waals surface area contributed by atoms with Crippen LogP contribution < -0.4 is 0 Å². The fourth-order valence-corrected chi connectivity index (χ4v) is 2.59. The van der Waals surface area contributed by atoms with Crippen LogP contribution in [0.5, 0.6) is 0 Å². The van der Waals surface area contributed by atoms with Gasteiger partial charge in [-0.2, -0.15) is 59.7 Å². The number of halogens is 4. The Balaban J connectivity index is -0.000000133. The topological polar surface area (TPSA) is 55.7 Å². The van der Waals surface area contributed by atoms with Gasteiger partial charge in [0.25, 0.3) is 0 Å². The number of rotatable bonds is 5. The predicted molar refractivity (Wildman–Crippen MR) is 167 cm³/mol. The van der Waals surface area contributed by atoms with Crippen LogP contribution in [0.2, 0.25) is 19.6 Å². The molecule has 0 spiro atoms. The summed E-state index contributed by atoms with van der Waals surface area (Å²) in [6.07, 6.45) is 2.61. The van der Waals surface area contributed by atoms with Crippen LogP contribution in [-0.4, -0.2) is 26.1 Å². The number of carbonyl (C=O) groups excluding carboxylic acids is 2. The zero-order valence-electron chi connectivity index (χ0n) is 19.9. The van der Waals surface area contributed by atoms with E-state index in [2.05, 4.69) is 92.2 Å². The first kappa shape index (κ1) is 44.8. The van der Waals surface area contributed by atoms with Gasteiger partial charge >= 0.3 is 0 Å². The average molecular weight is 914 g/mol. The molecule has 0 aliphatic rings. The summed E-state index contributed by atoms with van der Waals surface area (Å²) in [5.74, 6) is 0.488. The number of hydrogen-bond donors (Lipinski definition) is 0. The van der Waals surface area contributed by atoms with Crippen molar-refractivity contribution in [3.05, 3.63) is 83.2 Å². The third-order valence-electron chi connectivity index (χ3n) is 3.15. The van der Waals surface area contributed by atoms with Crippen molar-refractivity contribution >= 4 is 98.9 Å². The summed E-state index contributed by atoms with van der Waals surface area (Å²) in [6, 6.07) is 17.0. The summed E-state index contributed by atoms with van der Waals surface area (Å²) >= 11 is 8.88. The Morgan fingerprint density at radius 3 is 1.74 bits per heavy atom. The SMILES string of the molecule is C=C(N=Cc1c[c-]ccc1C)O[Si](C)(C)C.CC(=O)Cl.Cc1cc[c-]cc1C=O.I.II.[V].[V]. The van der Waals surface area contributed by atoms with E-state index in [-0.39, 0.29) is 66.3 Å². The second-order valence-electron chi connectivity index (χ2n) is 7.02. The molecule has 0 aliphatic carbocycles. The average Bonchev–Trinajstić information content (AvgIpc) is 2.68. The van der Waals surface area contributed by atoms with Crippen LogP contribution in [-0.2, 0) is 46.3 Å². The molecule has 4 nitrogen and oxygen atoms in total. The van der Waals surface area contributed by atoms with Crippen LogP contribution >= 0.6 is 72.8 Å². The van der Waals surface area contributed by atoms with E-state index >= 15 is 0 Å². The monoisotopic (exact) mass is 913 g/mol. The van der Waals surface area contributed by atoms with Gasteiger partial charge in [-0.05, 0) is 44.0 Å². The van der Waals surface area contributed by atoms with Gasteiger partial charge in [-0.3, -0.25) is 4.79 Å². The van der Waals surface area contributed by atoms with Gasteiger partial charge in [0.1, 0.15) is 0 Å².